The Hall–Kier alpha value is -1.62. The van der Waals surface area contributed by atoms with E-state index in [-0.39, 0.29) is 13.2 Å². The summed E-state index contributed by atoms with van der Waals surface area (Å²) in [6, 6.07) is 3.74. The van der Waals surface area contributed by atoms with Crippen molar-refractivity contribution in [3.05, 3.63) is 29.1 Å². The molecule has 0 unspecified atom stereocenters. The number of aromatic nitrogens is 1. The molecule has 2 rings (SSSR count). The lowest BCUT2D eigenvalue weighted by Crippen LogP contribution is -2.13. The number of pyridine rings is 1. The van der Waals surface area contributed by atoms with Crippen molar-refractivity contribution in [1.82, 2.24) is 4.98 Å². The summed E-state index contributed by atoms with van der Waals surface area (Å²) in [5.41, 5.74) is 7.24. The van der Waals surface area contributed by atoms with Gasteiger partial charge in [0, 0.05) is 0 Å². The summed E-state index contributed by atoms with van der Waals surface area (Å²) in [4.78, 5) is 14.7. The number of aliphatic hydroxyl groups is 1. The maximum Gasteiger partial charge on any atom is 0.404 e. The molecule has 0 saturated heterocycles. The van der Waals surface area contributed by atoms with E-state index in [1.807, 2.05) is 6.07 Å². The molecule has 1 amide bonds. The quantitative estimate of drug-likeness (QED) is 0.797. The molecule has 0 aromatic carbocycles. The Bertz CT molecular complexity index is 402. The van der Waals surface area contributed by atoms with Crippen molar-refractivity contribution in [3.8, 4) is 0 Å². The summed E-state index contributed by atoms with van der Waals surface area (Å²) in [5.74, 6) is 0.542. The monoisotopic (exact) mass is 222 g/mol. The average molecular weight is 222 g/mol. The average Bonchev–Trinajstić information content (AvgIpc) is 3.09. The Kier molecular flexibility index (Phi) is 3.05. The van der Waals surface area contributed by atoms with Crippen LogP contribution in [0, 0.1) is 0 Å². The van der Waals surface area contributed by atoms with Gasteiger partial charge in [-0.05, 0) is 30.4 Å². The van der Waals surface area contributed by atoms with Crippen LogP contribution in [0.3, 0.4) is 0 Å². The van der Waals surface area contributed by atoms with Gasteiger partial charge in [-0.2, -0.15) is 0 Å². The topological polar surface area (TPSA) is 85.4 Å². The van der Waals surface area contributed by atoms with Crippen molar-refractivity contribution < 1.29 is 14.6 Å². The maximum atomic E-state index is 10.4. The fraction of sp³-hybridized carbons (Fsp3) is 0.455. The van der Waals surface area contributed by atoms with Crippen LogP contribution in [0.2, 0.25) is 0 Å². The molecular weight excluding hydrogens is 208 g/mol. The number of rotatable bonds is 4. The molecule has 16 heavy (non-hydrogen) atoms. The first-order valence-electron chi connectivity index (χ1n) is 5.22. The maximum absolute atomic E-state index is 10.4. The molecule has 5 heteroatoms. The molecule has 1 aliphatic rings. The summed E-state index contributed by atoms with van der Waals surface area (Å²) in [6.45, 7) is -0.0382. The van der Waals surface area contributed by atoms with Crippen molar-refractivity contribution in [1.29, 1.82) is 0 Å². The predicted molar refractivity (Wildman–Crippen MR) is 56.5 cm³/mol. The molecule has 1 aromatic rings. The zero-order chi connectivity index (χ0) is 11.5. The SMILES string of the molecule is NC(=O)OCc1ccc(C2CC2)c(CO)n1. The molecule has 0 bridgehead atoms. The summed E-state index contributed by atoms with van der Waals surface area (Å²) in [6.07, 6.45) is 1.50. The first-order valence-corrected chi connectivity index (χ1v) is 5.22. The highest BCUT2D eigenvalue weighted by Gasteiger charge is 2.26. The molecule has 1 aromatic heterocycles. The van der Waals surface area contributed by atoms with Gasteiger partial charge >= 0.3 is 6.09 Å². The molecule has 3 N–H and O–H groups in total. The van der Waals surface area contributed by atoms with Crippen LogP contribution in [0.1, 0.15) is 35.7 Å². The van der Waals surface area contributed by atoms with E-state index in [0.29, 0.717) is 17.3 Å². The lowest BCUT2D eigenvalue weighted by molar-refractivity contribution is 0.148. The third-order valence-electron chi connectivity index (χ3n) is 2.60. The number of carbonyl (C=O) groups is 1. The summed E-state index contributed by atoms with van der Waals surface area (Å²) >= 11 is 0. The number of primary amides is 1. The third kappa shape index (κ3) is 2.49. The molecule has 1 heterocycles. The van der Waals surface area contributed by atoms with E-state index in [2.05, 4.69) is 9.72 Å². The van der Waals surface area contributed by atoms with Crippen LogP contribution in [0.25, 0.3) is 0 Å². The van der Waals surface area contributed by atoms with Crippen molar-refractivity contribution in [2.24, 2.45) is 5.73 Å². The Morgan fingerprint density at radius 3 is 2.88 bits per heavy atom. The number of aliphatic hydroxyl groups excluding tert-OH is 1. The number of carbonyl (C=O) groups excluding carboxylic acids is 1. The van der Waals surface area contributed by atoms with Crippen LogP contribution in [0.4, 0.5) is 4.79 Å². The van der Waals surface area contributed by atoms with Gasteiger partial charge in [0.15, 0.2) is 0 Å². The van der Waals surface area contributed by atoms with Crippen LogP contribution < -0.4 is 5.73 Å². The first kappa shape index (κ1) is 10.9. The van der Waals surface area contributed by atoms with Gasteiger partial charge in [-0.25, -0.2) is 4.79 Å². The molecule has 0 spiro atoms. The fourth-order valence-electron chi connectivity index (χ4n) is 1.68. The molecule has 1 saturated carbocycles. The van der Waals surface area contributed by atoms with Crippen LogP contribution in [-0.2, 0) is 18.0 Å². The second-order valence-corrected chi connectivity index (χ2v) is 3.88. The zero-order valence-electron chi connectivity index (χ0n) is 8.85. The number of nitrogens with zero attached hydrogens (tertiary/aromatic N) is 1. The summed E-state index contributed by atoms with van der Waals surface area (Å²) in [7, 11) is 0. The summed E-state index contributed by atoms with van der Waals surface area (Å²) < 4.78 is 4.64. The van der Waals surface area contributed by atoms with Crippen molar-refractivity contribution in [3.63, 3.8) is 0 Å². The fourth-order valence-corrected chi connectivity index (χ4v) is 1.68. The highest BCUT2D eigenvalue weighted by molar-refractivity contribution is 5.64. The Morgan fingerprint density at radius 2 is 2.31 bits per heavy atom. The highest BCUT2D eigenvalue weighted by Crippen LogP contribution is 2.41. The van der Waals surface area contributed by atoms with Gasteiger partial charge in [0.05, 0.1) is 18.0 Å². The van der Waals surface area contributed by atoms with Crippen molar-refractivity contribution in [2.45, 2.75) is 32.0 Å². The van der Waals surface area contributed by atoms with Gasteiger partial charge in [0.25, 0.3) is 0 Å². The van der Waals surface area contributed by atoms with E-state index < -0.39 is 6.09 Å². The molecule has 86 valence electrons. The smallest absolute Gasteiger partial charge is 0.404 e. The predicted octanol–water partition coefficient (Wildman–Crippen LogP) is 1.05. The van der Waals surface area contributed by atoms with E-state index in [0.717, 1.165) is 18.4 Å². The minimum atomic E-state index is -0.821. The molecular formula is C11H14N2O3. The van der Waals surface area contributed by atoms with Crippen LogP contribution in [0.5, 0.6) is 0 Å². The third-order valence-corrected chi connectivity index (χ3v) is 2.60. The second kappa shape index (κ2) is 4.49. The van der Waals surface area contributed by atoms with Gasteiger partial charge in [0.1, 0.15) is 6.61 Å². The number of amides is 1. The minimum Gasteiger partial charge on any atom is -0.443 e. The van der Waals surface area contributed by atoms with E-state index >= 15 is 0 Å². The molecule has 1 fully saturated rings. The Morgan fingerprint density at radius 1 is 1.56 bits per heavy atom. The van der Waals surface area contributed by atoms with E-state index in [1.165, 1.54) is 0 Å². The van der Waals surface area contributed by atoms with Crippen LogP contribution >= 0.6 is 0 Å². The normalized spacial score (nSPS) is 14.8. The van der Waals surface area contributed by atoms with Crippen molar-refractivity contribution >= 4 is 6.09 Å². The standard InChI is InChI=1S/C11H14N2O3/c12-11(15)16-6-8-3-4-9(7-1-2-7)10(5-14)13-8/h3-4,7,14H,1-2,5-6H2,(H2,12,15). The number of nitrogens with two attached hydrogens (primary N) is 1. The Labute approximate surface area is 93.2 Å². The van der Waals surface area contributed by atoms with Gasteiger partial charge in [-0.1, -0.05) is 6.07 Å². The Balaban J connectivity index is 2.12. The number of hydrogen-bond acceptors (Lipinski definition) is 4. The highest BCUT2D eigenvalue weighted by atomic mass is 16.5. The second-order valence-electron chi connectivity index (χ2n) is 3.88. The van der Waals surface area contributed by atoms with Crippen LogP contribution in [0.15, 0.2) is 12.1 Å². The summed E-state index contributed by atoms with van der Waals surface area (Å²) in [5, 5.41) is 9.20. The van der Waals surface area contributed by atoms with E-state index in [4.69, 9.17) is 5.73 Å². The first-order chi connectivity index (χ1) is 7.70. The van der Waals surface area contributed by atoms with E-state index in [1.54, 1.807) is 6.07 Å². The lowest BCUT2D eigenvalue weighted by atomic mass is 10.1. The number of ether oxygens (including phenoxy) is 1. The largest absolute Gasteiger partial charge is 0.443 e. The van der Waals surface area contributed by atoms with Gasteiger partial charge in [0.2, 0.25) is 0 Å². The van der Waals surface area contributed by atoms with Gasteiger partial charge in [-0.15, -0.1) is 0 Å². The molecule has 5 nitrogen and oxygen atoms in total. The van der Waals surface area contributed by atoms with E-state index in [9.17, 15) is 9.90 Å². The molecule has 0 aliphatic heterocycles. The molecule has 1 aliphatic carbocycles. The van der Waals surface area contributed by atoms with Crippen LogP contribution in [-0.4, -0.2) is 16.2 Å². The lowest BCUT2D eigenvalue weighted by Gasteiger charge is -2.08. The van der Waals surface area contributed by atoms with Gasteiger partial charge in [-0.3, -0.25) is 4.98 Å². The van der Waals surface area contributed by atoms with Crippen molar-refractivity contribution in [2.75, 3.05) is 0 Å². The molecule has 0 radical (unpaired) electrons. The molecule has 0 atom stereocenters. The number of hydrogen-bond donors (Lipinski definition) is 2. The zero-order valence-corrected chi connectivity index (χ0v) is 8.85. The minimum absolute atomic E-state index is 0.0489. The van der Waals surface area contributed by atoms with Gasteiger partial charge < -0.3 is 15.6 Å².